The third-order valence-electron chi connectivity index (χ3n) is 2.95. The van der Waals surface area contributed by atoms with Gasteiger partial charge in [0.2, 0.25) is 0 Å². The van der Waals surface area contributed by atoms with Gasteiger partial charge in [0.15, 0.2) is 9.84 Å². The van der Waals surface area contributed by atoms with Crippen LogP contribution in [0.1, 0.15) is 6.42 Å². The first-order valence-electron chi connectivity index (χ1n) is 6.04. The summed E-state index contributed by atoms with van der Waals surface area (Å²) in [7, 11) is -3.11. The molecule has 1 aromatic rings. The van der Waals surface area contributed by atoms with E-state index in [1.54, 1.807) is 0 Å². The first kappa shape index (κ1) is 16.1. The van der Waals surface area contributed by atoms with Gasteiger partial charge in [-0.3, -0.25) is 9.59 Å². The van der Waals surface area contributed by atoms with Gasteiger partial charge < -0.3 is 10.6 Å². The van der Waals surface area contributed by atoms with Crippen LogP contribution >= 0.6 is 23.2 Å². The molecule has 9 heteroatoms. The fourth-order valence-corrected chi connectivity index (χ4v) is 3.89. The van der Waals surface area contributed by atoms with Crippen LogP contribution in [-0.4, -0.2) is 37.8 Å². The van der Waals surface area contributed by atoms with Crippen LogP contribution in [0.2, 0.25) is 10.0 Å². The van der Waals surface area contributed by atoms with Crippen molar-refractivity contribution in [2.24, 2.45) is 0 Å². The molecule has 1 unspecified atom stereocenters. The molecular weight excluding hydrogens is 339 g/mol. The van der Waals surface area contributed by atoms with Crippen LogP contribution < -0.4 is 10.6 Å². The number of benzene rings is 1. The number of nitrogens with one attached hydrogen (secondary N) is 2. The Bertz CT molecular complexity index is 690. The minimum atomic E-state index is -3.11. The molecule has 0 aliphatic carbocycles. The lowest BCUT2D eigenvalue weighted by Crippen LogP contribution is -2.42. The monoisotopic (exact) mass is 350 g/mol. The maximum Gasteiger partial charge on any atom is 0.313 e. The highest BCUT2D eigenvalue weighted by atomic mass is 35.5. The SMILES string of the molecule is O=C(Nc1ccc(Cl)c(Cl)c1)C(=O)NC1CCS(=O)(=O)C1. The topological polar surface area (TPSA) is 92.3 Å². The van der Waals surface area contributed by atoms with Gasteiger partial charge >= 0.3 is 11.8 Å². The number of carbonyl (C=O) groups is 2. The van der Waals surface area contributed by atoms with Crippen LogP contribution in [0.5, 0.6) is 0 Å². The lowest BCUT2D eigenvalue weighted by Gasteiger charge is -2.11. The van der Waals surface area contributed by atoms with E-state index in [4.69, 9.17) is 23.2 Å². The number of sulfone groups is 1. The van der Waals surface area contributed by atoms with E-state index < -0.39 is 27.7 Å². The average molecular weight is 351 g/mol. The summed E-state index contributed by atoms with van der Waals surface area (Å²) >= 11 is 11.5. The van der Waals surface area contributed by atoms with Crippen molar-refractivity contribution in [2.75, 3.05) is 16.8 Å². The van der Waals surface area contributed by atoms with Gasteiger partial charge in [0.1, 0.15) is 0 Å². The molecule has 2 amide bonds. The van der Waals surface area contributed by atoms with Crippen LogP contribution in [-0.2, 0) is 19.4 Å². The number of carbonyl (C=O) groups excluding carboxylic acids is 2. The van der Waals surface area contributed by atoms with Crippen molar-refractivity contribution in [1.29, 1.82) is 0 Å². The Balaban J connectivity index is 1.94. The molecule has 0 aromatic heterocycles. The quantitative estimate of drug-likeness (QED) is 0.784. The Kier molecular flexibility index (Phi) is 4.75. The largest absolute Gasteiger partial charge is 0.344 e. The maximum atomic E-state index is 11.7. The molecule has 0 radical (unpaired) electrons. The summed E-state index contributed by atoms with van der Waals surface area (Å²) in [6, 6.07) is 3.87. The molecular formula is C12H12Cl2N2O4S. The summed E-state index contributed by atoms with van der Waals surface area (Å²) in [5.41, 5.74) is 0.323. The Hall–Kier alpha value is -1.31. The molecule has 1 saturated heterocycles. The zero-order chi connectivity index (χ0) is 15.6. The van der Waals surface area contributed by atoms with E-state index in [1.807, 2.05) is 0 Å². The fraction of sp³-hybridized carbons (Fsp3) is 0.333. The van der Waals surface area contributed by atoms with Crippen LogP contribution in [0.3, 0.4) is 0 Å². The summed E-state index contributed by atoms with van der Waals surface area (Å²) in [6.07, 6.45) is 0.314. The molecule has 114 valence electrons. The molecule has 0 bridgehead atoms. The first-order chi connectivity index (χ1) is 9.77. The Labute approximate surface area is 131 Å². The summed E-state index contributed by atoms with van der Waals surface area (Å²) < 4.78 is 22.5. The minimum Gasteiger partial charge on any atom is -0.344 e. The molecule has 1 atom stereocenters. The molecule has 0 spiro atoms. The molecule has 1 fully saturated rings. The molecule has 1 aliphatic rings. The highest BCUT2D eigenvalue weighted by molar-refractivity contribution is 7.91. The van der Waals surface area contributed by atoms with E-state index >= 15 is 0 Å². The molecule has 1 aromatic carbocycles. The number of rotatable bonds is 2. The molecule has 2 rings (SSSR count). The standard InChI is InChI=1S/C12H12Cl2N2O4S/c13-9-2-1-7(5-10(9)14)15-11(17)12(18)16-8-3-4-21(19,20)6-8/h1-2,5,8H,3-4,6H2,(H,15,17)(H,16,18). The predicted octanol–water partition coefficient (Wildman–Crippen LogP) is 1.24. The zero-order valence-electron chi connectivity index (χ0n) is 10.7. The number of anilines is 1. The average Bonchev–Trinajstić information content (AvgIpc) is 2.73. The molecule has 0 saturated carbocycles. The summed E-state index contributed by atoms with van der Waals surface area (Å²) in [5.74, 6) is -1.90. The van der Waals surface area contributed by atoms with Gasteiger partial charge in [-0.25, -0.2) is 8.42 Å². The maximum absolute atomic E-state index is 11.7. The number of halogens is 2. The smallest absolute Gasteiger partial charge is 0.313 e. The van der Waals surface area contributed by atoms with Crippen LogP contribution in [0, 0.1) is 0 Å². The van der Waals surface area contributed by atoms with E-state index in [9.17, 15) is 18.0 Å². The second-order valence-electron chi connectivity index (χ2n) is 4.66. The highest BCUT2D eigenvalue weighted by Gasteiger charge is 2.30. The van der Waals surface area contributed by atoms with E-state index in [0.717, 1.165) is 0 Å². The second-order valence-corrected chi connectivity index (χ2v) is 7.70. The molecule has 21 heavy (non-hydrogen) atoms. The van der Waals surface area contributed by atoms with Crippen molar-refractivity contribution in [1.82, 2.24) is 5.32 Å². The Morgan fingerprint density at radius 2 is 1.86 bits per heavy atom. The summed E-state index contributed by atoms with van der Waals surface area (Å²) in [4.78, 5) is 23.4. The lowest BCUT2D eigenvalue weighted by atomic mass is 10.2. The minimum absolute atomic E-state index is 0.0202. The first-order valence-corrected chi connectivity index (χ1v) is 8.62. The van der Waals surface area contributed by atoms with Gasteiger partial charge in [0.25, 0.3) is 0 Å². The number of hydrogen-bond donors (Lipinski definition) is 2. The van der Waals surface area contributed by atoms with Gasteiger partial charge in [-0.1, -0.05) is 23.2 Å². The molecule has 2 N–H and O–H groups in total. The molecule has 1 heterocycles. The van der Waals surface area contributed by atoms with Crippen molar-refractivity contribution < 1.29 is 18.0 Å². The summed E-state index contributed by atoms with van der Waals surface area (Å²) in [5, 5.41) is 5.33. The fourth-order valence-electron chi connectivity index (χ4n) is 1.92. The van der Waals surface area contributed by atoms with Crippen molar-refractivity contribution in [3.63, 3.8) is 0 Å². The zero-order valence-corrected chi connectivity index (χ0v) is 13.1. The molecule has 6 nitrogen and oxygen atoms in total. The number of hydrogen-bond acceptors (Lipinski definition) is 4. The van der Waals surface area contributed by atoms with Crippen molar-refractivity contribution in [2.45, 2.75) is 12.5 Å². The van der Waals surface area contributed by atoms with Crippen molar-refractivity contribution in [3.8, 4) is 0 Å². The van der Waals surface area contributed by atoms with Crippen molar-refractivity contribution in [3.05, 3.63) is 28.2 Å². The summed E-state index contributed by atoms with van der Waals surface area (Å²) in [6.45, 7) is 0. The molecule has 1 aliphatic heterocycles. The lowest BCUT2D eigenvalue weighted by molar-refractivity contribution is -0.136. The number of amides is 2. The highest BCUT2D eigenvalue weighted by Crippen LogP contribution is 2.24. The second kappa shape index (κ2) is 6.21. The third-order valence-corrected chi connectivity index (χ3v) is 5.46. The van der Waals surface area contributed by atoms with Gasteiger partial charge in [-0.2, -0.15) is 0 Å². The van der Waals surface area contributed by atoms with Gasteiger partial charge in [0, 0.05) is 11.7 Å². The predicted molar refractivity (Wildman–Crippen MR) is 80.3 cm³/mol. The van der Waals surface area contributed by atoms with Gasteiger partial charge in [-0.15, -0.1) is 0 Å². The Morgan fingerprint density at radius 3 is 2.43 bits per heavy atom. The van der Waals surface area contributed by atoms with E-state index in [0.29, 0.717) is 17.1 Å². The third kappa shape index (κ3) is 4.33. The van der Waals surface area contributed by atoms with Crippen LogP contribution in [0.15, 0.2) is 18.2 Å². The van der Waals surface area contributed by atoms with E-state index in [2.05, 4.69) is 10.6 Å². The van der Waals surface area contributed by atoms with Crippen LogP contribution in [0.4, 0.5) is 5.69 Å². The van der Waals surface area contributed by atoms with Crippen molar-refractivity contribution >= 4 is 50.5 Å². The Morgan fingerprint density at radius 1 is 1.14 bits per heavy atom. The van der Waals surface area contributed by atoms with Gasteiger partial charge in [-0.05, 0) is 24.6 Å². The van der Waals surface area contributed by atoms with E-state index in [1.165, 1.54) is 18.2 Å². The van der Waals surface area contributed by atoms with E-state index in [-0.39, 0.29) is 16.5 Å². The van der Waals surface area contributed by atoms with Crippen LogP contribution in [0.25, 0.3) is 0 Å². The van der Waals surface area contributed by atoms with Gasteiger partial charge in [0.05, 0.1) is 21.6 Å². The normalized spacial score (nSPS) is 20.0.